The van der Waals surface area contributed by atoms with Crippen molar-refractivity contribution in [3.63, 3.8) is 0 Å². The van der Waals surface area contributed by atoms with E-state index in [9.17, 15) is 4.79 Å². The molecule has 0 rings (SSSR count). The van der Waals surface area contributed by atoms with E-state index in [0.29, 0.717) is 6.61 Å². The summed E-state index contributed by atoms with van der Waals surface area (Å²) in [6.45, 7) is 12.7. The smallest absolute Gasteiger partial charge is 0.254 e. The van der Waals surface area contributed by atoms with Crippen molar-refractivity contribution < 1.29 is 9.53 Å². The molecule has 0 spiro atoms. The molecule has 0 aromatic heterocycles. The van der Waals surface area contributed by atoms with E-state index in [0.717, 1.165) is 38.8 Å². The van der Waals surface area contributed by atoms with Gasteiger partial charge in [-0.1, -0.05) is 40.5 Å². The van der Waals surface area contributed by atoms with Crippen molar-refractivity contribution in [2.75, 3.05) is 19.7 Å². The Balaban J connectivity index is 4.62. The first kappa shape index (κ1) is 18.4. The molecule has 0 aromatic rings. The Bertz CT molecular complexity index is 243. The zero-order valence-electron chi connectivity index (χ0n) is 13.6. The van der Waals surface area contributed by atoms with Crippen molar-refractivity contribution in [3.8, 4) is 0 Å². The summed E-state index contributed by atoms with van der Waals surface area (Å²) in [5, 5.41) is 0. The van der Waals surface area contributed by atoms with E-state index in [2.05, 4.69) is 20.8 Å². The van der Waals surface area contributed by atoms with Crippen LogP contribution in [0.1, 0.15) is 73.1 Å². The zero-order valence-corrected chi connectivity index (χ0v) is 13.6. The highest BCUT2D eigenvalue weighted by Crippen LogP contribution is 2.20. The van der Waals surface area contributed by atoms with Crippen molar-refractivity contribution in [1.82, 2.24) is 4.90 Å². The van der Waals surface area contributed by atoms with Crippen LogP contribution in [0, 0.1) is 0 Å². The summed E-state index contributed by atoms with van der Waals surface area (Å²) < 4.78 is 5.83. The van der Waals surface area contributed by atoms with Crippen molar-refractivity contribution in [2.45, 2.75) is 78.7 Å². The van der Waals surface area contributed by atoms with Crippen molar-refractivity contribution in [3.05, 3.63) is 0 Å². The molecule has 1 atom stereocenters. The average Bonchev–Trinajstić information content (AvgIpc) is 2.43. The lowest BCUT2D eigenvalue weighted by atomic mass is 10.0. The summed E-state index contributed by atoms with van der Waals surface area (Å²) in [5.41, 5.74) is -0.641. The first-order chi connectivity index (χ1) is 9.05. The molecule has 0 saturated heterocycles. The number of amides is 1. The normalized spacial score (nSPS) is 14.2. The molecule has 0 heterocycles. The first-order valence-electron chi connectivity index (χ1n) is 7.98. The molecular formula is C16H33NO2. The summed E-state index contributed by atoms with van der Waals surface area (Å²) in [7, 11) is 0. The van der Waals surface area contributed by atoms with E-state index >= 15 is 0 Å². The van der Waals surface area contributed by atoms with Gasteiger partial charge in [-0.05, 0) is 32.6 Å². The number of unbranched alkanes of at least 4 members (excludes halogenated alkanes) is 2. The van der Waals surface area contributed by atoms with Crippen LogP contribution in [-0.2, 0) is 9.53 Å². The summed E-state index contributed by atoms with van der Waals surface area (Å²) >= 11 is 0. The van der Waals surface area contributed by atoms with Gasteiger partial charge in [0.2, 0.25) is 0 Å². The number of hydrogen-bond donors (Lipinski definition) is 0. The fourth-order valence-corrected chi connectivity index (χ4v) is 2.11. The van der Waals surface area contributed by atoms with Crippen LogP contribution in [0.15, 0.2) is 0 Å². The first-order valence-corrected chi connectivity index (χ1v) is 7.98. The fraction of sp³-hybridized carbons (Fsp3) is 0.938. The van der Waals surface area contributed by atoms with Crippen molar-refractivity contribution in [2.24, 2.45) is 0 Å². The minimum absolute atomic E-state index is 0.168. The highest BCUT2D eigenvalue weighted by molar-refractivity contribution is 5.84. The lowest BCUT2D eigenvalue weighted by Crippen LogP contribution is -2.49. The van der Waals surface area contributed by atoms with Crippen LogP contribution >= 0.6 is 0 Å². The van der Waals surface area contributed by atoms with Crippen LogP contribution in [0.4, 0.5) is 0 Å². The predicted molar refractivity (Wildman–Crippen MR) is 81.3 cm³/mol. The largest absolute Gasteiger partial charge is 0.365 e. The Labute approximate surface area is 119 Å². The summed E-state index contributed by atoms with van der Waals surface area (Å²) in [5.74, 6) is 0.168. The van der Waals surface area contributed by atoms with Gasteiger partial charge in [0.25, 0.3) is 5.91 Å². The molecule has 19 heavy (non-hydrogen) atoms. The van der Waals surface area contributed by atoms with Crippen molar-refractivity contribution in [1.29, 1.82) is 0 Å². The Hall–Kier alpha value is -0.570. The molecule has 3 heteroatoms. The summed E-state index contributed by atoms with van der Waals surface area (Å²) in [4.78, 5) is 14.7. The average molecular weight is 271 g/mol. The van der Waals surface area contributed by atoms with E-state index in [1.54, 1.807) is 0 Å². The van der Waals surface area contributed by atoms with Gasteiger partial charge in [-0.3, -0.25) is 4.79 Å². The van der Waals surface area contributed by atoms with Gasteiger partial charge in [-0.25, -0.2) is 0 Å². The summed E-state index contributed by atoms with van der Waals surface area (Å²) in [6, 6.07) is 0. The summed E-state index contributed by atoms with van der Waals surface area (Å²) in [6.07, 6.45) is 6.16. The highest BCUT2D eigenvalue weighted by Gasteiger charge is 2.35. The number of hydrogen-bond acceptors (Lipinski definition) is 2. The monoisotopic (exact) mass is 271 g/mol. The second-order valence-electron chi connectivity index (χ2n) is 5.43. The van der Waals surface area contributed by atoms with E-state index in [4.69, 9.17) is 4.74 Å². The molecule has 3 nitrogen and oxygen atoms in total. The van der Waals surface area contributed by atoms with Gasteiger partial charge in [0.15, 0.2) is 0 Å². The minimum Gasteiger partial charge on any atom is -0.365 e. The molecule has 1 amide bonds. The molecule has 0 aliphatic rings. The Morgan fingerprint density at radius 2 is 1.68 bits per heavy atom. The third kappa shape index (κ3) is 6.42. The molecule has 0 N–H and O–H groups in total. The zero-order chi connectivity index (χ0) is 14.7. The lowest BCUT2D eigenvalue weighted by Gasteiger charge is -2.34. The topological polar surface area (TPSA) is 29.5 Å². The third-order valence-electron chi connectivity index (χ3n) is 3.56. The predicted octanol–water partition coefficient (Wildman–Crippen LogP) is 4.01. The second kappa shape index (κ2) is 10.2. The molecule has 114 valence electrons. The van der Waals surface area contributed by atoms with Crippen LogP contribution < -0.4 is 0 Å². The molecule has 0 bridgehead atoms. The maximum atomic E-state index is 12.7. The SMILES string of the molecule is CCCCCN(CCC)C(=O)[C@@](C)(CC)OCCC. The van der Waals surface area contributed by atoms with Gasteiger partial charge in [-0.15, -0.1) is 0 Å². The van der Waals surface area contributed by atoms with Crippen LogP contribution in [0.3, 0.4) is 0 Å². The molecule has 0 fully saturated rings. The minimum atomic E-state index is -0.641. The van der Waals surface area contributed by atoms with Crippen LogP contribution in [-0.4, -0.2) is 36.1 Å². The van der Waals surface area contributed by atoms with Crippen molar-refractivity contribution >= 4 is 5.91 Å². The van der Waals surface area contributed by atoms with Gasteiger partial charge in [0.1, 0.15) is 5.60 Å². The number of carbonyl (C=O) groups excluding carboxylic acids is 1. The molecule has 0 unspecified atom stereocenters. The fourth-order valence-electron chi connectivity index (χ4n) is 2.11. The standard InChI is InChI=1S/C16H33NO2/c1-6-10-11-13-17(12-7-2)15(18)16(5,9-4)19-14-8-3/h6-14H2,1-5H3/t16-/m1/s1. The van der Waals surface area contributed by atoms with E-state index in [-0.39, 0.29) is 5.91 Å². The van der Waals surface area contributed by atoms with Gasteiger partial charge in [-0.2, -0.15) is 0 Å². The number of ether oxygens (including phenoxy) is 1. The Morgan fingerprint density at radius 1 is 1.00 bits per heavy atom. The van der Waals surface area contributed by atoms with E-state index in [1.165, 1.54) is 12.8 Å². The molecule has 0 saturated carbocycles. The third-order valence-corrected chi connectivity index (χ3v) is 3.56. The molecule has 0 aliphatic heterocycles. The van der Waals surface area contributed by atoms with Gasteiger partial charge in [0.05, 0.1) is 0 Å². The van der Waals surface area contributed by atoms with Crippen LogP contribution in [0.5, 0.6) is 0 Å². The number of rotatable bonds is 11. The number of nitrogens with zero attached hydrogens (tertiary/aromatic N) is 1. The maximum Gasteiger partial charge on any atom is 0.254 e. The van der Waals surface area contributed by atoms with Gasteiger partial charge < -0.3 is 9.64 Å². The van der Waals surface area contributed by atoms with Gasteiger partial charge in [0, 0.05) is 19.7 Å². The van der Waals surface area contributed by atoms with Crippen LogP contribution in [0.25, 0.3) is 0 Å². The molecule has 0 aliphatic carbocycles. The molecule has 0 aromatic carbocycles. The van der Waals surface area contributed by atoms with E-state index < -0.39 is 5.60 Å². The number of carbonyl (C=O) groups is 1. The van der Waals surface area contributed by atoms with Gasteiger partial charge >= 0.3 is 0 Å². The maximum absolute atomic E-state index is 12.7. The second-order valence-corrected chi connectivity index (χ2v) is 5.43. The van der Waals surface area contributed by atoms with E-state index in [1.807, 2.05) is 18.7 Å². The molecule has 0 radical (unpaired) electrons. The Morgan fingerprint density at radius 3 is 2.16 bits per heavy atom. The highest BCUT2D eigenvalue weighted by atomic mass is 16.5. The Kier molecular flexibility index (Phi) is 9.94. The molecular weight excluding hydrogens is 238 g/mol. The quantitative estimate of drug-likeness (QED) is 0.531. The lowest BCUT2D eigenvalue weighted by molar-refractivity contribution is -0.157. The van der Waals surface area contributed by atoms with Crippen LogP contribution in [0.2, 0.25) is 0 Å².